The second-order valence-electron chi connectivity index (χ2n) is 7.45. The Labute approximate surface area is 161 Å². The van der Waals surface area contributed by atoms with Crippen LogP contribution in [-0.2, 0) is 4.79 Å². The number of rotatable bonds is 2. The number of carbonyl (C=O) groups is 1. The molecule has 7 heteroatoms. The zero-order valence-electron chi connectivity index (χ0n) is 15.1. The van der Waals surface area contributed by atoms with Gasteiger partial charge in [0, 0.05) is 41.8 Å². The van der Waals surface area contributed by atoms with E-state index in [4.69, 9.17) is 4.99 Å². The summed E-state index contributed by atoms with van der Waals surface area (Å²) in [5.74, 6) is -1.22. The van der Waals surface area contributed by atoms with Gasteiger partial charge in [0.15, 0.2) is 5.17 Å². The van der Waals surface area contributed by atoms with Crippen molar-refractivity contribution in [1.29, 1.82) is 0 Å². The number of amidine groups is 1. The molecule has 0 bridgehead atoms. The first-order chi connectivity index (χ1) is 13.0. The highest BCUT2D eigenvalue weighted by Gasteiger charge is 2.40. The Kier molecular flexibility index (Phi) is 4.88. The van der Waals surface area contributed by atoms with Crippen molar-refractivity contribution in [3.05, 3.63) is 47.7 Å². The molecule has 27 heavy (non-hydrogen) atoms. The van der Waals surface area contributed by atoms with Crippen molar-refractivity contribution < 1.29 is 13.6 Å². The van der Waals surface area contributed by atoms with Gasteiger partial charge in [-0.05, 0) is 25.3 Å². The van der Waals surface area contributed by atoms with Gasteiger partial charge in [-0.3, -0.25) is 19.7 Å². The van der Waals surface area contributed by atoms with Gasteiger partial charge in [-0.15, -0.1) is 0 Å². The number of hydrogen-bond acceptors (Lipinski definition) is 4. The smallest absolute Gasteiger partial charge is 0.236 e. The normalized spacial score (nSPS) is 30.7. The fourth-order valence-corrected chi connectivity index (χ4v) is 5.12. The van der Waals surface area contributed by atoms with E-state index >= 15 is 0 Å². The Bertz CT molecular complexity index is 854. The van der Waals surface area contributed by atoms with Crippen LogP contribution >= 0.6 is 11.8 Å². The van der Waals surface area contributed by atoms with Crippen molar-refractivity contribution >= 4 is 29.1 Å². The molecule has 3 aliphatic heterocycles. The van der Waals surface area contributed by atoms with Crippen molar-refractivity contribution in [1.82, 2.24) is 4.90 Å². The zero-order valence-corrected chi connectivity index (χ0v) is 15.9. The van der Waals surface area contributed by atoms with Crippen LogP contribution in [0.15, 0.2) is 40.5 Å². The molecule has 1 aromatic carbocycles. The molecular formula is C20H21F2N3OS. The number of piperidine rings is 1. The second-order valence-corrected chi connectivity index (χ2v) is 8.43. The zero-order chi connectivity index (χ0) is 19.0. The van der Waals surface area contributed by atoms with Gasteiger partial charge in [0.1, 0.15) is 11.6 Å². The maximum atomic E-state index is 14.2. The molecular weight excluding hydrogens is 368 g/mol. The van der Waals surface area contributed by atoms with Crippen molar-refractivity contribution in [2.75, 3.05) is 12.3 Å². The summed E-state index contributed by atoms with van der Waals surface area (Å²) in [4.78, 5) is 23.7. The van der Waals surface area contributed by atoms with Gasteiger partial charge in [-0.25, -0.2) is 8.78 Å². The van der Waals surface area contributed by atoms with Crippen molar-refractivity contribution in [2.45, 2.75) is 38.1 Å². The molecule has 0 saturated carbocycles. The third-order valence-corrected chi connectivity index (χ3v) is 6.65. The molecule has 0 aliphatic carbocycles. The molecule has 1 aromatic rings. The first-order valence-electron chi connectivity index (χ1n) is 9.14. The van der Waals surface area contributed by atoms with Gasteiger partial charge >= 0.3 is 0 Å². The first-order valence-corrected chi connectivity index (χ1v) is 10.1. The van der Waals surface area contributed by atoms with Crippen LogP contribution in [0.25, 0.3) is 0 Å². The number of benzene rings is 1. The van der Waals surface area contributed by atoms with Crippen LogP contribution < -0.4 is 0 Å². The Morgan fingerprint density at radius 2 is 2.19 bits per heavy atom. The summed E-state index contributed by atoms with van der Waals surface area (Å²) < 4.78 is 27.4. The second kappa shape index (κ2) is 7.19. The molecule has 4 rings (SSSR count). The lowest BCUT2D eigenvalue weighted by Gasteiger charge is -2.32. The predicted molar refractivity (Wildman–Crippen MR) is 104 cm³/mol. The average molecular weight is 389 g/mol. The molecule has 1 saturated heterocycles. The van der Waals surface area contributed by atoms with Crippen LogP contribution in [0.1, 0.15) is 37.7 Å². The lowest BCUT2D eigenvalue weighted by Crippen LogP contribution is -2.42. The van der Waals surface area contributed by atoms with Gasteiger partial charge < -0.3 is 0 Å². The number of halogens is 2. The summed E-state index contributed by atoms with van der Waals surface area (Å²) in [6, 6.07) is 3.52. The Morgan fingerprint density at radius 1 is 1.33 bits per heavy atom. The number of hydrogen-bond donors (Lipinski definition) is 0. The summed E-state index contributed by atoms with van der Waals surface area (Å²) in [5, 5.41) is 0.717. The van der Waals surface area contributed by atoms with E-state index in [0.717, 1.165) is 24.7 Å². The van der Waals surface area contributed by atoms with E-state index in [9.17, 15) is 13.6 Å². The lowest BCUT2D eigenvalue weighted by atomic mass is 9.80. The molecule has 0 spiro atoms. The number of aliphatic imine (C=N–C) groups is 2. The monoisotopic (exact) mass is 389 g/mol. The van der Waals surface area contributed by atoms with Gasteiger partial charge in [0.05, 0.1) is 12.0 Å². The quantitative estimate of drug-likeness (QED) is 0.763. The molecule has 0 N–H and O–H groups in total. The molecule has 1 amide bonds. The number of likely N-dealkylation sites (tertiary alicyclic amines) is 1. The molecule has 4 nitrogen and oxygen atoms in total. The number of nitrogens with zero attached hydrogens (tertiary/aromatic N) is 3. The number of amides is 1. The van der Waals surface area contributed by atoms with Crippen LogP contribution in [-0.4, -0.2) is 40.5 Å². The molecule has 3 aliphatic rings. The molecule has 0 radical (unpaired) electrons. The fraction of sp³-hybridized carbons (Fsp3) is 0.450. The Hall–Kier alpha value is -2.02. The van der Waals surface area contributed by atoms with Crippen LogP contribution in [0.2, 0.25) is 0 Å². The largest absolute Gasteiger partial charge is 0.291 e. The summed E-state index contributed by atoms with van der Waals surface area (Å²) in [7, 11) is 0. The Morgan fingerprint density at radius 3 is 2.93 bits per heavy atom. The van der Waals surface area contributed by atoms with E-state index in [2.05, 4.69) is 18.0 Å². The van der Waals surface area contributed by atoms with E-state index in [1.54, 1.807) is 22.9 Å². The van der Waals surface area contributed by atoms with Crippen LogP contribution in [0.3, 0.4) is 0 Å². The van der Waals surface area contributed by atoms with E-state index in [1.807, 2.05) is 6.21 Å². The summed E-state index contributed by atoms with van der Waals surface area (Å²) in [6.07, 6.45) is 7.94. The highest BCUT2D eigenvalue weighted by molar-refractivity contribution is 8.14. The molecule has 3 heterocycles. The highest BCUT2D eigenvalue weighted by Crippen LogP contribution is 2.39. The Balaban J connectivity index is 1.55. The molecule has 3 atom stereocenters. The molecule has 142 valence electrons. The van der Waals surface area contributed by atoms with Gasteiger partial charge in [0.2, 0.25) is 5.91 Å². The van der Waals surface area contributed by atoms with Crippen molar-refractivity contribution in [2.24, 2.45) is 15.4 Å². The third kappa shape index (κ3) is 3.45. The van der Waals surface area contributed by atoms with Gasteiger partial charge in [-0.2, -0.15) is 0 Å². The number of carbonyl (C=O) groups excluding carboxylic acids is 1. The summed E-state index contributed by atoms with van der Waals surface area (Å²) in [5.41, 5.74) is 0.169. The minimum Gasteiger partial charge on any atom is -0.291 e. The first kappa shape index (κ1) is 18.3. The minimum atomic E-state index is -0.659. The highest BCUT2D eigenvalue weighted by atomic mass is 32.2. The van der Waals surface area contributed by atoms with Crippen LogP contribution in [0.4, 0.5) is 8.78 Å². The maximum Gasteiger partial charge on any atom is 0.236 e. The fourth-order valence-electron chi connectivity index (χ4n) is 3.82. The van der Waals surface area contributed by atoms with Crippen molar-refractivity contribution in [3.63, 3.8) is 0 Å². The molecule has 2 unspecified atom stereocenters. The van der Waals surface area contributed by atoms with Gasteiger partial charge in [0.25, 0.3) is 0 Å². The van der Waals surface area contributed by atoms with Crippen molar-refractivity contribution in [3.8, 4) is 0 Å². The minimum absolute atomic E-state index is 0.0798. The van der Waals surface area contributed by atoms with E-state index in [-0.39, 0.29) is 22.9 Å². The standard InChI is InChI=1S/C20H21F2N3OS/c1-20(6-8-23-9-7-20)17-12-27-19(24-17)25-10-2-3-15(18(25)26)14-5-4-13(21)11-16(14)22/h4-6,8-9,11,15,17H,2-3,7,10,12H2,1H3/t15?,17?,20-/m1/s1. The molecule has 1 fully saturated rings. The van der Waals surface area contributed by atoms with E-state index < -0.39 is 17.6 Å². The average Bonchev–Trinajstić information content (AvgIpc) is 3.14. The van der Waals surface area contributed by atoms with Crippen LogP contribution in [0.5, 0.6) is 0 Å². The topological polar surface area (TPSA) is 45.0 Å². The SMILES string of the molecule is C[C@@]1(C2CSC(N3CCCC(c4ccc(F)cc4F)C3=O)=N2)C=CN=CC1. The van der Waals surface area contributed by atoms with E-state index in [1.165, 1.54) is 12.1 Å². The van der Waals surface area contributed by atoms with Gasteiger partial charge in [-0.1, -0.05) is 30.8 Å². The third-order valence-electron chi connectivity index (χ3n) is 5.58. The summed E-state index contributed by atoms with van der Waals surface area (Å²) >= 11 is 1.58. The molecule has 0 aromatic heterocycles. The predicted octanol–water partition coefficient (Wildman–Crippen LogP) is 4.14. The summed E-state index contributed by atoms with van der Waals surface area (Å²) in [6.45, 7) is 2.74. The maximum absolute atomic E-state index is 14.2. The number of thioether (sulfide) groups is 1. The van der Waals surface area contributed by atoms with Crippen LogP contribution in [0, 0.1) is 17.0 Å². The van der Waals surface area contributed by atoms with E-state index in [0.29, 0.717) is 18.1 Å². The lowest BCUT2D eigenvalue weighted by molar-refractivity contribution is -0.130.